The van der Waals surface area contributed by atoms with Gasteiger partial charge in [0.25, 0.3) is 5.91 Å². The molecule has 0 saturated carbocycles. The van der Waals surface area contributed by atoms with Gasteiger partial charge in [0.2, 0.25) is 0 Å². The van der Waals surface area contributed by atoms with Crippen molar-refractivity contribution in [3.63, 3.8) is 0 Å². The molecule has 0 aliphatic heterocycles. The van der Waals surface area contributed by atoms with Crippen LogP contribution in [0.25, 0.3) is 0 Å². The molecule has 0 aliphatic rings. The fourth-order valence-corrected chi connectivity index (χ4v) is 1.47. The summed E-state index contributed by atoms with van der Waals surface area (Å²) in [7, 11) is 1.51. The lowest BCUT2D eigenvalue weighted by molar-refractivity contribution is 0.102. The minimum absolute atomic E-state index is 0.148. The molecule has 0 radical (unpaired) electrons. The number of methoxy groups -OCH3 is 1. The third kappa shape index (κ3) is 2.34. The van der Waals surface area contributed by atoms with Crippen LogP contribution in [0.5, 0.6) is 5.75 Å². The van der Waals surface area contributed by atoms with E-state index < -0.39 is 11.6 Å². The number of carbonyl (C=O) groups is 1. The number of hydrogen-bond acceptors (Lipinski definition) is 4. The molecule has 1 amide bonds. The zero-order chi connectivity index (χ0) is 13.1. The molecule has 1 heterocycles. The minimum Gasteiger partial charge on any atom is -0.495 e. The second kappa shape index (κ2) is 4.66. The summed E-state index contributed by atoms with van der Waals surface area (Å²) in [4.78, 5) is 27.3. The summed E-state index contributed by atoms with van der Waals surface area (Å²) in [6, 6.07) is 4.87. The Bertz CT molecular complexity index is 629. The van der Waals surface area contributed by atoms with Crippen molar-refractivity contribution < 1.29 is 9.53 Å². The van der Waals surface area contributed by atoms with Crippen molar-refractivity contribution in [3.05, 3.63) is 40.6 Å². The predicted octanol–water partition coefficient (Wildman–Crippen LogP) is 0.546. The van der Waals surface area contributed by atoms with E-state index >= 15 is 0 Å². The molecule has 2 aromatic rings. The van der Waals surface area contributed by atoms with E-state index in [1.807, 2.05) is 0 Å². The van der Waals surface area contributed by atoms with E-state index in [1.165, 1.54) is 13.3 Å². The lowest BCUT2D eigenvalue weighted by atomic mass is 10.2. The lowest BCUT2D eigenvalue weighted by Gasteiger charge is -2.07. The van der Waals surface area contributed by atoms with Crippen LogP contribution in [-0.2, 0) is 0 Å². The van der Waals surface area contributed by atoms with Gasteiger partial charge in [-0.3, -0.25) is 4.79 Å². The number of nitrogens with one attached hydrogen (secondary N) is 3. The maximum atomic E-state index is 11.7. The van der Waals surface area contributed by atoms with Gasteiger partial charge >= 0.3 is 5.69 Å². The first-order chi connectivity index (χ1) is 8.60. The summed E-state index contributed by atoms with van der Waals surface area (Å²) >= 11 is 0. The highest BCUT2D eigenvalue weighted by Gasteiger charge is 2.09. The number of nitrogens with two attached hydrogens (primary N) is 1. The first-order valence-corrected chi connectivity index (χ1v) is 5.12. The number of anilines is 2. The molecule has 7 nitrogen and oxygen atoms in total. The second-order valence-electron chi connectivity index (χ2n) is 3.57. The van der Waals surface area contributed by atoms with Gasteiger partial charge in [-0.25, -0.2) is 4.79 Å². The number of amides is 1. The van der Waals surface area contributed by atoms with Gasteiger partial charge in [0.05, 0.1) is 12.8 Å². The maximum Gasteiger partial charge on any atom is 0.323 e. The fourth-order valence-electron chi connectivity index (χ4n) is 1.47. The van der Waals surface area contributed by atoms with E-state index in [0.29, 0.717) is 17.1 Å². The lowest BCUT2D eigenvalue weighted by Crippen LogP contribution is -2.14. The number of nitrogen functional groups attached to an aromatic ring is 1. The number of rotatable bonds is 3. The van der Waals surface area contributed by atoms with Crippen LogP contribution in [0.15, 0.2) is 29.2 Å². The summed E-state index contributed by atoms with van der Waals surface area (Å²) < 4.78 is 5.00. The summed E-state index contributed by atoms with van der Waals surface area (Å²) in [5, 5.41) is 2.60. The topological polar surface area (TPSA) is 113 Å². The number of benzene rings is 1. The number of hydrogen-bond donors (Lipinski definition) is 4. The molecular formula is C11H12N4O3. The van der Waals surface area contributed by atoms with Gasteiger partial charge in [-0.05, 0) is 18.2 Å². The Hall–Kier alpha value is -2.70. The van der Waals surface area contributed by atoms with E-state index in [0.717, 1.165) is 0 Å². The van der Waals surface area contributed by atoms with E-state index in [-0.39, 0.29) is 5.69 Å². The zero-order valence-electron chi connectivity index (χ0n) is 9.61. The van der Waals surface area contributed by atoms with Gasteiger partial charge < -0.3 is 25.8 Å². The number of imidazole rings is 1. The summed E-state index contributed by atoms with van der Waals surface area (Å²) in [5.41, 5.74) is 6.35. The molecule has 0 unspecified atom stereocenters. The molecule has 2 rings (SSSR count). The molecule has 94 valence electrons. The quantitative estimate of drug-likeness (QED) is 0.594. The molecule has 0 bridgehead atoms. The Kier molecular flexibility index (Phi) is 3.05. The van der Waals surface area contributed by atoms with Crippen LogP contribution in [-0.4, -0.2) is 23.0 Å². The smallest absolute Gasteiger partial charge is 0.323 e. The van der Waals surface area contributed by atoms with Crippen LogP contribution in [0, 0.1) is 0 Å². The number of carbonyl (C=O) groups excluding carboxylic acids is 1. The van der Waals surface area contributed by atoms with Gasteiger partial charge in [-0.1, -0.05) is 0 Å². The van der Waals surface area contributed by atoms with Crippen molar-refractivity contribution in [1.29, 1.82) is 0 Å². The minimum atomic E-state index is -0.436. The number of aromatic amines is 2. The molecule has 1 aromatic carbocycles. The molecule has 0 spiro atoms. The highest BCUT2D eigenvalue weighted by Crippen LogP contribution is 2.24. The highest BCUT2D eigenvalue weighted by molar-refractivity contribution is 6.02. The molecule has 0 fully saturated rings. The number of aromatic nitrogens is 2. The Morgan fingerprint density at radius 3 is 2.78 bits per heavy atom. The molecule has 0 aliphatic carbocycles. The third-order valence-corrected chi connectivity index (χ3v) is 2.33. The number of ether oxygens (including phenoxy) is 1. The predicted molar refractivity (Wildman–Crippen MR) is 66.8 cm³/mol. The molecule has 7 heteroatoms. The van der Waals surface area contributed by atoms with Crippen molar-refractivity contribution in [2.45, 2.75) is 0 Å². The molecular weight excluding hydrogens is 236 g/mol. The average Bonchev–Trinajstić information content (AvgIpc) is 2.76. The normalized spacial score (nSPS) is 10.1. The Morgan fingerprint density at radius 1 is 1.44 bits per heavy atom. The van der Waals surface area contributed by atoms with Crippen LogP contribution in [0.1, 0.15) is 10.5 Å². The third-order valence-electron chi connectivity index (χ3n) is 2.33. The largest absolute Gasteiger partial charge is 0.495 e. The first-order valence-electron chi connectivity index (χ1n) is 5.12. The molecule has 0 atom stereocenters. The van der Waals surface area contributed by atoms with Gasteiger partial charge in [-0.15, -0.1) is 0 Å². The Labute approximate surface area is 102 Å². The van der Waals surface area contributed by atoms with Crippen molar-refractivity contribution in [2.75, 3.05) is 18.2 Å². The molecule has 18 heavy (non-hydrogen) atoms. The highest BCUT2D eigenvalue weighted by atomic mass is 16.5. The summed E-state index contributed by atoms with van der Waals surface area (Å²) in [5.74, 6) is 0.0981. The van der Waals surface area contributed by atoms with Gasteiger partial charge in [0, 0.05) is 11.9 Å². The van der Waals surface area contributed by atoms with Gasteiger partial charge in [0.1, 0.15) is 11.4 Å². The van der Waals surface area contributed by atoms with E-state index in [4.69, 9.17) is 10.5 Å². The zero-order valence-corrected chi connectivity index (χ0v) is 9.61. The monoisotopic (exact) mass is 248 g/mol. The fraction of sp³-hybridized carbons (Fsp3) is 0.0909. The maximum absolute atomic E-state index is 11.7. The van der Waals surface area contributed by atoms with Crippen molar-refractivity contribution in [1.82, 2.24) is 9.97 Å². The Balaban J connectivity index is 2.17. The SMILES string of the molecule is COc1ccc(NC(=O)c2c[nH]c(=O)[nH]2)cc1N. The van der Waals surface area contributed by atoms with E-state index in [2.05, 4.69) is 15.3 Å². The van der Waals surface area contributed by atoms with Gasteiger partial charge in [0.15, 0.2) is 0 Å². The van der Waals surface area contributed by atoms with Crippen LogP contribution in [0.3, 0.4) is 0 Å². The Morgan fingerprint density at radius 2 is 2.22 bits per heavy atom. The summed E-state index contributed by atoms with van der Waals surface area (Å²) in [6.07, 6.45) is 1.30. The van der Waals surface area contributed by atoms with E-state index in [9.17, 15) is 9.59 Å². The average molecular weight is 248 g/mol. The standard InChI is InChI=1S/C11H12N4O3/c1-18-9-3-2-6(4-7(9)12)14-10(16)8-5-13-11(17)15-8/h2-5H,12H2,1H3,(H,14,16)(H2,13,15,17). The van der Waals surface area contributed by atoms with Crippen LogP contribution in [0.4, 0.5) is 11.4 Å². The summed E-state index contributed by atoms with van der Waals surface area (Å²) in [6.45, 7) is 0. The molecule has 0 saturated heterocycles. The van der Waals surface area contributed by atoms with E-state index in [1.54, 1.807) is 18.2 Å². The first kappa shape index (κ1) is 11.8. The number of H-pyrrole nitrogens is 2. The van der Waals surface area contributed by atoms with Crippen LogP contribution in [0.2, 0.25) is 0 Å². The molecule has 1 aromatic heterocycles. The van der Waals surface area contributed by atoms with Crippen molar-refractivity contribution >= 4 is 17.3 Å². The van der Waals surface area contributed by atoms with Crippen molar-refractivity contribution in [3.8, 4) is 5.75 Å². The van der Waals surface area contributed by atoms with Crippen LogP contribution >= 0.6 is 0 Å². The van der Waals surface area contributed by atoms with Crippen LogP contribution < -0.4 is 21.5 Å². The van der Waals surface area contributed by atoms with Crippen molar-refractivity contribution in [2.24, 2.45) is 0 Å². The second-order valence-corrected chi connectivity index (χ2v) is 3.57. The molecule has 5 N–H and O–H groups in total. The van der Waals surface area contributed by atoms with Gasteiger partial charge in [-0.2, -0.15) is 0 Å².